The molecule has 4 saturated carbocycles. The molecule has 1 spiro atoms. The lowest BCUT2D eigenvalue weighted by molar-refractivity contribution is -0.331. The maximum atomic E-state index is 10.9. The van der Waals surface area contributed by atoms with Gasteiger partial charge in [-0.15, -0.1) is 0 Å². The maximum absolute atomic E-state index is 10.9. The number of aliphatic hydroxyl groups excluding tert-OH is 6. The molecule has 4 saturated heterocycles. The molecule has 0 amide bonds. The highest BCUT2D eigenvalue weighted by atomic mass is 16.7. The van der Waals surface area contributed by atoms with E-state index in [-0.39, 0.29) is 30.5 Å². The van der Waals surface area contributed by atoms with Gasteiger partial charge < -0.3 is 54.3 Å². The molecule has 3 unspecified atom stereocenters. The van der Waals surface area contributed by atoms with Gasteiger partial charge in [-0.2, -0.15) is 0 Å². The van der Waals surface area contributed by atoms with Crippen molar-refractivity contribution >= 4 is 0 Å². The largest absolute Gasteiger partial charge is 0.388 e. The third-order valence-corrected chi connectivity index (χ3v) is 16.0. The Kier molecular flexibility index (Phi) is 9.76. The van der Waals surface area contributed by atoms with Gasteiger partial charge in [0.25, 0.3) is 0 Å². The molecule has 4 heterocycles. The summed E-state index contributed by atoms with van der Waals surface area (Å²) in [6, 6.07) is 0. The fourth-order valence-corrected chi connectivity index (χ4v) is 13.0. The van der Waals surface area contributed by atoms with Crippen LogP contribution in [-0.2, 0) is 23.7 Å². The van der Waals surface area contributed by atoms with Crippen molar-refractivity contribution in [2.45, 2.75) is 165 Å². The van der Waals surface area contributed by atoms with Crippen LogP contribution in [0.4, 0.5) is 0 Å². The average molecular weight is 710 g/mol. The predicted molar refractivity (Wildman–Crippen MR) is 179 cm³/mol. The molecular weight excluding hydrogens is 646 g/mol. The second-order valence-electron chi connectivity index (χ2n) is 18.5. The lowest BCUT2D eigenvalue weighted by Gasteiger charge is -2.61. The van der Waals surface area contributed by atoms with Gasteiger partial charge in [-0.05, 0) is 111 Å². The Labute approximate surface area is 296 Å². The Morgan fingerprint density at radius 3 is 2.28 bits per heavy atom. The fourth-order valence-electron chi connectivity index (χ4n) is 13.0. The van der Waals surface area contributed by atoms with Crippen molar-refractivity contribution in [2.75, 3.05) is 19.8 Å². The summed E-state index contributed by atoms with van der Waals surface area (Å²) in [5, 5.41) is 66.1. The highest BCUT2D eigenvalue weighted by Crippen LogP contribution is 2.71. The normalized spacial score (nSPS) is 59.4. The molecule has 12 nitrogen and oxygen atoms in total. The minimum atomic E-state index is -1.52. The van der Waals surface area contributed by atoms with E-state index in [0.717, 1.165) is 50.5 Å². The van der Waals surface area contributed by atoms with Gasteiger partial charge >= 0.3 is 0 Å². The molecule has 0 aromatic carbocycles. The molecule has 0 radical (unpaired) electrons. The van der Waals surface area contributed by atoms with Gasteiger partial charge in [0, 0.05) is 12.5 Å². The Morgan fingerprint density at radius 2 is 1.52 bits per heavy atom. The summed E-state index contributed by atoms with van der Waals surface area (Å²) in [6.07, 6.45) is -0.566. The monoisotopic (exact) mass is 709 g/mol. The van der Waals surface area contributed by atoms with Crippen LogP contribution in [0.15, 0.2) is 0 Å². The third-order valence-electron chi connectivity index (χ3n) is 16.0. The van der Waals surface area contributed by atoms with E-state index in [2.05, 4.69) is 33.0 Å². The Balaban J connectivity index is 0.889. The van der Waals surface area contributed by atoms with Gasteiger partial charge in [-0.25, -0.2) is 0 Å². The number of hydrogen-bond acceptors (Lipinski definition) is 12. The van der Waals surface area contributed by atoms with Crippen molar-refractivity contribution in [3.63, 3.8) is 0 Å². The van der Waals surface area contributed by atoms with Gasteiger partial charge in [-0.1, -0.05) is 27.7 Å². The van der Waals surface area contributed by atoms with Crippen molar-refractivity contribution in [3.8, 4) is 0 Å². The van der Waals surface area contributed by atoms with E-state index in [1.165, 1.54) is 32.1 Å². The van der Waals surface area contributed by atoms with Crippen LogP contribution >= 0.6 is 0 Å². The number of rotatable bonds is 5. The van der Waals surface area contributed by atoms with Crippen LogP contribution in [0.25, 0.3) is 0 Å². The second-order valence-corrected chi connectivity index (χ2v) is 18.5. The number of piperidine rings is 1. The molecule has 4 aliphatic heterocycles. The molecule has 8 fully saturated rings. The summed E-state index contributed by atoms with van der Waals surface area (Å²) in [5.41, 5.74) is 0.422. The molecule has 286 valence electrons. The van der Waals surface area contributed by atoms with Crippen LogP contribution in [-0.4, -0.2) is 124 Å². The van der Waals surface area contributed by atoms with Crippen molar-refractivity contribution in [1.82, 2.24) is 5.32 Å². The highest BCUT2D eigenvalue weighted by Gasteiger charge is 2.68. The minimum Gasteiger partial charge on any atom is -0.388 e. The van der Waals surface area contributed by atoms with E-state index in [1.54, 1.807) is 0 Å². The summed E-state index contributed by atoms with van der Waals surface area (Å²) < 4.78 is 30.4. The summed E-state index contributed by atoms with van der Waals surface area (Å²) in [5.74, 6) is 4.48. The molecule has 8 aliphatic rings. The number of aliphatic hydroxyl groups is 6. The van der Waals surface area contributed by atoms with E-state index in [9.17, 15) is 30.6 Å². The van der Waals surface area contributed by atoms with Gasteiger partial charge in [0.2, 0.25) is 0 Å². The van der Waals surface area contributed by atoms with Crippen LogP contribution in [0.1, 0.15) is 91.9 Å². The van der Waals surface area contributed by atoms with Crippen molar-refractivity contribution < 1.29 is 54.3 Å². The maximum Gasteiger partial charge on any atom is 0.186 e. The first-order chi connectivity index (χ1) is 23.8. The molecule has 0 aromatic rings. The number of hydrogen-bond donors (Lipinski definition) is 7. The lowest BCUT2D eigenvalue weighted by Crippen LogP contribution is -2.61. The standard InChI is InChI=1S/C38H63NO11/c1-18-7-12-38(39-15-18)19(2)28-26(50-38)14-24-22-6-5-20-13-21(8-10-36(20,3)23(22)9-11-37(24,28)4)48-35-33(45)31(43)30(42)27(49-35)17-47-34-32(44)29(41)25(40)16-46-34/h18-35,39-45H,5-17H2,1-4H3/t18?,19-,20?,21-,22+,23-,24-,25+,26-,27+,28-,29-,30+,31-,32+,33+,34-,35+,36-,37-,38?/m0/s1. The van der Waals surface area contributed by atoms with Gasteiger partial charge in [-0.3, -0.25) is 5.32 Å². The van der Waals surface area contributed by atoms with Crippen LogP contribution in [0.3, 0.4) is 0 Å². The fraction of sp³-hybridized carbons (Fsp3) is 1.00. The zero-order chi connectivity index (χ0) is 35.3. The van der Waals surface area contributed by atoms with E-state index < -0.39 is 55.3 Å². The lowest BCUT2D eigenvalue weighted by atomic mass is 9.44. The molecule has 0 aromatic heterocycles. The van der Waals surface area contributed by atoms with E-state index in [4.69, 9.17) is 23.7 Å². The SMILES string of the molecule is CC1CCC2(NC1)O[C@H]1C[C@H]3[C@@H]4CCC5C[C@@H](O[C@@H]6O[C@H](CO[C@@H]7OC[C@@H](O)[C@H](O)[C@H]7O)[C@@H](O)[C@H](O)[C@H]6O)CC[C@]5(C)[C@H]4CC[C@]3(C)[C@H]1[C@@H]2C. The quantitative estimate of drug-likeness (QED) is 0.206. The summed E-state index contributed by atoms with van der Waals surface area (Å²) in [7, 11) is 0. The molecule has 8 rings (SSSR count). The third kappa shape index (κ3) is 5.77. The first-order valence-corrected chi connectivity index (χ1v) is 19.8. The highest BCUT2D eigenvalue weighted by molar-refractivity contribution is 5.16. The first-order valence-electron chi connectivity index (χ1n) is 19.8. The molecule has 7 N–H and O–H groups in total. The van der Waals surface area contributed by atoms with E-state index in [1.807, 2.05) is 0 Å². The first kappa shape index (κ1) is 36.5. The molecule has 21 atom stereocenters. The van der Waals surface area contributed by atoms with Crippen LogP contribution in [0, 0.1) is 52.3 Å². The van der Waals surface area contributed by atoms with Crippen LogP contribution in [0.2, 0.25) is 0 Å². The average Bonchev–Trinajstić information content (AvgIpc) is 3.54. The zero-order valence-corrected chi connectivity index (χ0v) is 30.3. The smallest absolute Gasteiger partial charge is 0.186 e. The molecule has 50 heavy (non-hydrogen) atoms. The predicted octanol–water partition coefficient (Wildman–Crippen LogP) is 1.65. The summed E-state index contributed by atoms with van der Waals surface area (Å²) in [4.78, 5) is 0. The van der Waals surface area contributed by atoms with Crippen molar-refractivity contribution in [2.24, 2.45) is 52.3 Å². The molecule has 4 aliphatic carbocycles. The van der Waals surface area contributed by atoms with Gasteiger partial charge in [0.05, 0.1) is 25.4 Å². The van der Waals surface area contributed by atoms with E-state index in [0.29, 0.717) is 41.1 Å². The number of fused-ring (bicyclic) bond motifs is 7. The second kappa shape index (κ2) is 13.4. The Morgan fingerprint density at radius 1 is 0.760 bits per heavy atom. The zero-order valence-electron chi connectivity index (χ0n) is 30.3. The topological polar surface area (TPSA) is 180 Å². The Hall–Kier alpha value is -0.480. The minimum absolute atomic E-state index is 0.133. The van der Waals surface area contributed by atoms with Gasteiger partial charge in [0.15, 0.2) is 12.6 Å². The Bertz CT molecular complexity index is 1220. The van der Waals surface area contributed by atoms with Crippen molar-refractivity contribution in [1.29, 1.82) is 0 Å². The number of ether oxygens (including phenoxy) is 5. The summed E-state index contributed by atoms with van der Waals surface area (Å²) >= 11 is 0. The van der Waals surface area contributed by atoms with Crippen LogP contribution in [0.5, 0.6) is 0 Å². The van der Waals surface area contributed by atoms with Gasteiger partial charge in [0.1, 0.15) is 48.5 Å². The van der Waals surface area contributed by atoms with Crippen molar-refractivity contribution in [3.05, 3.63) is 0 Å². The molecule has 0 bridgehead atoms. The van der Waals surface area contributed by atoms with E-state index >= 15 is 0 Å². The molecule has 12 heteroatoms. The number of nitrogens with one attached hydrogen (secondary N) is 1. The molecular formula is C38H63NO11. The summed E-state index contributed by atoms with van der Waals surface area (Å²) in [6.45, 7) is 10.5. The van der Waals surface area contributed by atoms with Crippen LogP contribution < -0.4 is 5.32 Å².